The molecule has 1 N–H and O–H groups in total. The first kappa shape index (κ1) is 15.8. The van der Waals surface area contributed by atoms with E-state index in [1.54, 1.807) is 0 Å². The van der Waals surface area contributed by atoms with Crippen molar-refractivity contribution in [2.24, 2.45) is 0 Å². The minimum absolute atomic E-state index is 0.293. The molecule has 3 nitrogen and oxygen atoms in total. The summed E-state index contributed by atoms with van der Waals surface area (Å²) in [7, 11) is 1.97. The zero-order valence-corrected chi connectivity index (χ0v) is 14.1. The van der Waals surface area contributed by atoms with E-state index in [0.717, 1.165) is 29.8 Å². The van der Waals surface area contributed by atoms with Crippen molar-refractivity contribution >= 4 is 15.9 Å². The second-order valence-electron chi connectivity index (χ2n) is 5.44. The van der Waals surface area contributed by atoms with Crippen molar-refractivity contribution in [2.45, 2.75) is 32.2 Å². The SMILES string of the molecule is CNC(C)c1cc(Br)ccc1OCCCN1CCCC1. The van der Waals surface area contributed by atoms with E-state index < -0.39 is 0 Å². The van der Waals surface area contributed by atoms with Gasteiger partial charge in [0.2, 0.25) is 0 Å². The van der Waals surface area contributed by atoms with Gasteiger partial charge in [0, 0.05) is 22.6 Å². The van der Waals surface area contributed by atoms with Crippen LogP contribution in [-0.2, 0) is 0 Å². The number of nitrogens with zero attached hydrogens (tertiary/aromatic N) is 1. The van der Waals surface area contributed by atoms with Crippen LogP contribution in [0.1, 0.15) is 37.8 Å². The van der Waals surface area contributed by atoms with Gasteiger partial charge in [0.05, 0.1) is 6.61 Å². The Balaban J connectivity index is 1.84. The molecule has 1 unspecified atom stereocenters. The van der Waals surface area contributed by atoms with E-state index in [9.17, 15) is 0 Å². The van der Waals surface area contributed by atoms with Crippen molar-refractivity contribution in [1.29, 1.82) is 0 Å². The number of benzene rings is 1. The molecule has 1 aromatic carbocycles. The van der Waals surface area contributed by atoms with E-state index >= 15 is 0 Å². The Morgan fingerprint density at radius 2 is 2.10 bits per heavy atom. The Morgan fingerprint density at radius 3 is 2.80 bits per heavy atom. The molecule has 20 heavy (non-hydrogen) atoms. The average molecular weight is 341 g/mol. The predicted octanol–water partition coefficient (Wildman–Crippen LogP) is 3.59. The molecule has 4 heteroatoms. The van der Waals surface area contributed by atoms with Crippen LogP contribution in [0.25, 0.3) is 0 Å². The topological polar surface area (TPSA) is 24.5 Å². The minimum atomic E-state index is 0.293. The van der Waals surface area contributed by atoms with Crippen molar-refractivity contribution in [1.82, 2.24) is 10.2 Å². The van der Waals surface area contributed by atoms with E-state index in [-0.39, 0.29) is 0 Å². The zero-order chi connectivity index (χ0) is 14.4. The maximum atomic E-state index is 5.99. The lowest BCUT2D eigenvalue weighted by Crippen LogP contribution is -2.22. The predicted molar refractivity (Wildman–Crippen MR) is 87.4 cm³/mol. The molecule has 0 amide bonds. The van der Waals surface area contributed by atoms with Crippen molar-refractivity contribution in [2.75, 3.05) is 33.3 Å². The Hall–Kier alpha value is -0.580. The summed E-state index contributed by atoms with van der Waals surface area (Å²) in [5.41, 5.74) is 1.21. The number of halogens is 1. The Bertz CT molecular complexity index is 419. The average Bonchev–Trinajstić information content (AvgIpc) is 2.97. The molecule has 1 atom stereocenters. The molecule has 0 bridgehead atoms. The summed E-state index contributed by atoms with van der Waals surface area (Å²) < 4.78 is 7.08. The van der Waals surface area contributed by atoms with Gasteiger partial charge in [-0.25, -0.2) is 0 Å². The molecule has 0 aromatic heterocycles. The van der Waals surface area contributed by atoms with Gasteiger partial charge >= 0.3 is 0 Å². The summed E-state index contributed by atoms with van der Waals surface area (Å²) in [6.45, 7) is 6.63. The molecular weight excluding hydrogens is 316 g/mol. The Morgan fingerprint density at radius 1 is 1.35 bits per heavy atom. The molecule has 2 rings (SSSR count). The molecule has 0 spiro atoms. The summed E-state index contributed by atoms with van der Waals surface area (Å²) >= 11 is 3.53. The molecule has 1 aromatic rings. The molecule has 1 heterocycles. The smallest absolute Gasteiger partial charge is 0.124 e. The van der Waals surface area contributed by atoms with E-state index in [0.29, 0.717) is 6.04 Å². The van der Waals surface area contributed by atoms with Crippen LogP contribution in [0.3, 0.4) is 0 Å². The molecule has 1 saturated heterocycles. The van der Waals surface area contributed by atoms with Crippen LogP contribution in [0.2, 0.25) is 0 Å². The quantitative estimate of drug-likeness (QED) is 0.767. The fourth-order valence-electron chi connectivity index (χ4n) is 2.62. The highest BCUT2D eigenvalue weighted by atomic mass is 79.9. The number of ether oxygens (including phenoxy) is 1. The lowest BCUT2D eigenvalue weighted by Gasteiger charge is -2.18. The van der Waals surface area contributed by atoms with Crippen LogP contribution in [0.5, 0.6) is 5.75 Å². The first-order valence-electron chi connectivity index (χ1n) is 7.52. The Labute approximate surface area is 130 Å². The van der Waals surface area contributed by atoms with Gasteiger partial charge in [-0.2, -0.15) is 0 Å². The fraction of sp³-hybridized carbons (Fsp3) is 0.625. The summed E-state index contributed by atoms with van der Waals surface area (Å²) in [6, 6.07) is 6.53. The van der Waals surface area contributed by atoms with Gasteiger partial charge in [-0.05, 0) is 64.5 Å². The first-order chi connectivity index (χ1) is 9.70. The lowest BCUT2D eigenvalue weighted by molar-refractivity contribution is 0.260. The second-order valence-corrected chi connectivity index (χ2v) is 6.36. The van der Waals surface area contributed by atoms with Crippen LogP contribution in [0, 0.1) is 0 Å². The van der Waals surface area contributed by atoms with Crippen LogP contribution in [0.4, 0.5) is 0 Å². The number of rotatable bonds is 7. The maximum Gasteiger partial charge on any atom is 0.124 e. The van der Waals surface area contributed by atoms with E-state index in [1.165, 1.54) is 31.5 Å². The van der Waals surface area contributed by atoms with Gasteiger partial charge in [0.25, 0.3) is 0 Å². The summed E-state index contributed by atoms with van der Waals surface area (Å²) in [5, 5.41) is 3.27. The lowest BCUT2D eigenvalue weighted by atomic mass is 10.1. The number of hydrogen-bond donors (Lipinski definition) is 1. The monoisotopic (exact) mass is 340 g/mol. The third kappa shape index (κ3) is 4.47. The van der Waals surface area contributed by atoms with Gasteiger partial charge in [0.15, 0.2) is 0 Å². The van der Waals surface area contributed by atoms with E-state index in [1.807, 2.05) is 13.1 Å². The summed E-state index contributed by atoms with van der Waals surface area (Å²) in [5.74, 6) is 0.997. The normalized spacial score (nSPS) is 17.4. The molecule has 112 valence electrons. The molecule has 1 aliphatic rings. The number of likely N-dealkylation sites (tertiary alicyclic amines) is 1. The van der Waals surface area contributed by atoms with Crippen LogP contribution >= 0.6 is 15.9 Å². The first-order valence-corrected chi connectivity index (χ1v) is 8.32. The van der Waals surface area contributed by atoms with Crippen LogP contribution < -0.4 is 10.1 Å². The zero-order valence-electron chi connectivity index (χ0n) is 12.5. The third-order valence-corrected chi connectivity index (χ3v) is 4.44. The fourth-order valence-corrected chi connectivity index (χ4v) is 3.00. The van der Waals surface area contributed by atoms with Crippen molar-refractivity contribution in [3.05, 3.63) is 28.2 Å². The van der Waals surface area contributed by atoms with Crippen molar-refractivity contribution in [3.8, 4) is 5.75 Å². The molecule has 1 aliphatic heterocycles. The third-order valence-electron chi connectivity index (χ3n) is 3.95. The molecule has 0 saturated carbocycles. The van der Waals surface area contributed by atoms with Gasteiger partial charge in [-0.15, -0.1) is 0 Å². The van der Waals surface area contributed by atoms with Crippen LogP contribution in [-0.4, -0.2) is 38.2 Å². The van der Waals surface area contributed by atoms with E-state index in [2.05, 4.69) is 45.2 Å². The van der Waals surface area contributed by atoms with Crippen molar-refractivity contribution in [3.63, 3.8) is 0 Å². The molecule has 0 aliphatic carbocycles. The molecular formula is C16H25BrN2O. The van der Waals surface area contributed by atoms with Crippen LogP contribution in [0.15, 0.2) is 22.7 Å². The number of hydrogen-bond acceptors (Lipinski definition) is 3. The maximum absolute atomic E-state index is 5.99. The highest BCUT2D eigenvalue weighted by Crippen LogP contribution is 2.28. The van der Waals surface area contributed by atoms with Crippen molar-refractivity contribution < 1.29 is 4.74 Å². The van der Waals surface area contributed by atoms with E-state index in [4.69, 9.17) is 4.74 Å². The standard InChI is InChI=1S/C16H25BrN2O/c1-13(18-2)15-12-14(17)6-7-16(15)20-11-5-10-19-8-3-4-9-19/h6-7,12-13,18H,3-5,8-11H2,1-2H3. The van der Waals surface area contributed by atoms with Gasteiger partial charge in [-0.3, -0.25) is 0 Å². The highest BCUT2D eigenvalue weighted by Gasteiger charge is 2.12. The highest BCUT2D eigenvalue weighted by molar-refractivity contribution is 9.10. The number of nitrogens with one attached hydrogen (secondary N) is 1. The van der Waals surface area contributed by atoms with Gasteiger partial charge in [-0.1, -0.05) is 15.9 Å². The minimum Gasteiger partial charge on any atom is -0.493 e. The van der Waals surface area contributed by atoms with Gasteiger partial charge in [0.1, 0.15) is 5.75 Å². The summed E-state index contributed by atoms with van der Waals surface area (Å²) in [4.78, 5) is 2.53. The second kappa shape index (κ2) is 8.01. The largest absolute Gasteiger partial charge is 0.493 e. The van der Waals surface area contributed by atoms with Gasteiger partial charge < -0.3 is 15.0 Å². The molecule has 1 fully saturated rings. The summed E-state index contributed by atoms with van der Waals surface area (Å²) in [6.07, 6.45) is 3.82. The Kier molecular flexibility index (Phi) is 6.33. The molecule has 0 radical (unpaired) electrons.